The van der Waals surface area contributed by atoms with Gasteiger partial charge in [0.2, 0.25) is 0 Å². The van der Waals surface area contributed by atoms with Crippen LogP contribution in [0.1, 0.15) is 32.6 Å². The van der Waals surface area contributed by atoms with Gasteiger partial charge in [-0.05, 0) is 26.2 Å². The zero-order valence-electron chi connectivity index (χ0n) is 10.1. The zero-order valence-corrected chi connectivity index (χ0v) is 10.1. The molecule has 0 aromatic carbocycles. The summed E-state index contributed by atoms with van der Waals surface area (Å²) in [4.78, 5) is 11.7. The first-order chi connectivity index (χ1) is 8.29. The van der Waals surface area contributed by atoms with E-state index in [4.69, 9.17) is 4.74 Å². The van der Waals surface area contributed by atoms with E-state index < -0.39 is 0 Å². The molecular weight excluding hydrogens is 218 g/mol. The number of nitrogens with zero attached hydrogens (tertiary/aromatic N) is 1. The molecule has 1 heterocycles. The molecule has 5 nitrogen and oxygen atoms in total. The number of esters is 1. The third kappa shape index (κ3) is 3.22. The Labute approximate surface area is 101 Å². The molecule has 1 saturated carbocycles. The molecule has 2 atom stereocenters. The quantitative estimate of drug-likeness (QED) is 0.785. The summed E-state index contributed by atoms with van der Waals surface area (Å²) in [6, 6.07) is 0.343. The molecule has 2 N–H and O–H groups in total. The minimum atomic E-state index is -0.0498. The molecular formula is C12H19N3O2. The average Bonchev–Trinajstić information content (AvgIpc) is 2.82. The Morgan fingerprint density at radius 3 is 3.24 bits per heavy atom. The lowest BCUT2D eigenvalue weighted by Gasteiger charge is -2.28. The molecule has 5 heteroatoms. The molecule has 2 rings (SSSR count). The van der Waals surface area contributed by atoms with Crippen LogP contribution in [-0.4, -0.2) is 28.8 Å². The van der Waals surface area contributed by atoms with Gasteiger partial charge in [-0.1, -0.05) is 6.42 Å². The molecule has 94 valence electrons. The fourth-order valence-corrected chi connectivity index (χ4v) is 2.36. The number of carbonyl (C=O) groups is 1. The van der Waals surface area contributed by atoms with Crippen molar-refractivity contribution in [2.45, 2.75) is 38.6 Å². The Morgan fingerprint density at radius 1 is 1.65 bits per heavy atom. The molecule has 0 saturated heterocycles. The van der Waals surface area contributed by atoms with Crippen LogP contribution in [0.25, 0.3) is 0 Å². The van der Waals surface area contributed by atoms with Crippen molar-refractivity contribution < 1.29 is 9.53 Å². The molecule has 2 unspecified atom stereocenters. The number of ether oxygens (including phenoxy) is 1. The van der Waals surface area contributed by atoms with Crippen LogP contribution in [0.4, 0.5) is 5.69 Å². The Bertz CT molecular complexity index is 351. The SMILES string of the molecule is CCOC(=O)C1CCCC(Nc2cn[nH]c2)C1. The maximum atomic E-state index is 11.7. The van der Waals surface area contributed by atoms with Crippen LogP contribution >= 0.6 is 0 Å². The number of hydrogen-bond acceptors (Lipinski definition) is 4. The van der Waals surface area contributed by atoms with Gasteiger partial charge in [-0.25, -0.2) is 0 Å². The van der Waals surface area contributed by atoms with E-state index in [9.17, 15) is 4.79 Å². The van der Waals surface area contributed by atoms with Crippen molar-refractivity contribution in [2.75, 3.05) is 11.9 Å². The maximum absolute atomic E-state index is 11.7. The summed E-state index contributed by atoms with van der Waals surface area (Å²) in [7, 11) is 0. The first-order valence-corrected chi connectivity index (χ1v) is 6.21. The lowest BCUT2D eigenvalue weighted by molar-refractivity contribution is -0.149. The van der Waals surface area contributed by atoms with E-state index in [1.165, 1.54) is 0 Å². The Balaban J connectivity index is 1.86. The number of hydrogen-bond donors (Lipinski definition) is 2. The molecule has 1 aromatic heterocycles. The highest BCUT2D eigenvalue weighted by Crippen LogP contribution is 2.27. The van der Waals surface area contributed by atoms with E-state index in [0.717, 1.165) is 31.4 Å². The van der Waals surface area contributed by atoms with Gasteiger partial charge < -0.3 is 10.1 Å². The highest BCUT2D eigenvalue weighted by atomic mass is 16.5. The predicted octanol–water partition coefficient (Wildman–Crippen LogP) is 1.94. The molecule has 0 spiro atoms. The lowest BCUT2D eigenvalue weighted by atomic mass is 9.85. The number of aromatic amines is 1. The minimum Gasteiger partial charge on any atom is -0.466 e. The van der Waals surface area contributed by atoms with Gasteiger partial charge in [0.05, 0.1) is 24.4 Å². The van der Waals surface area contributed by atoms with Crippen LogP contribution in [0.15, 0.2) is 12.4 Å². The van der Waals surface area contributed by atoms with Gasteiger partial charge in [0.25, 0.3) is 0 Å². The van der Waals surface area contributed by atoms with Crippen LogP contribution < -0.4 is 5.32 Å². The Morgan fingerprint density at radius 2 is 2.53 bits per heavy atom. The summed E-state index contributed by atoms with van der Waals surface area (Å²) in [5.74, 6) is -0.000653. The smallest absolute Gasteiger partial charge is 0.308 e. The van der Waals surface area contributed by atoms with Crippen LogP contribution in [-0.2, 0) is 9.53 Å². The standard InChI is InChI=1S/C12H19N3O2/c1-2-17-12(16)9-4-3-5-10(6-9)15-11-7-13-14-8-11/h7-10,15H,2-6H2,1H3,(H,13,14). The Hall–Kier alpha value is -1.52. The van der Waals surface area contributed by atoms with Crippen molar-refractivity contribution in [2.24, 2.45) is 5.92 Å². The number of aromatic nitrogens is 2. The number of H-pyrrole nitrogens is 1. The minimum absolute atomic E-state index is 0.0492. The summed E-state index contributed by atoms with van der Waals surface area (Å²) >= 11 is 0. The van der Waals surface area contributed by atoms with E-state index in [1.807, 2.05) is 13.1 Å². The summed E-state index contributed by atoms with van der Waals surface area (Å²) < 4.78 is 5.08. The van der Waals surface area contributed by atoms with Crippen molar-refractivity contribution >= 4 is 11.7 Å². The van der Waals surface area contributed by atoms with Crippen molar-refractivity contribution in [3.8, 4) is 0 Å². The molecule has 1 aromatic rings. The van der Waals surface area contributed by atoms with Crippen LogP contribution in [0.5, 0.6) is 0 Å². The first kappa shape index (κ1) is 12.0. The molecule has 1 fully saturated rings. The maximum Gasteiger partial charge on any atom is 0.308 e. The van der Waals surface area contributed by atoms with Gasteiger partial charge in [0.1, 0.15) is 0 Å². The number of nitrogens with one attached hydrogen (secondary N) is 2. The number of anilines is 1. The third-order valence-electron chi connectivity index (χ3n) is 3.16. The van der Waals surface area contributed by atoms with E-state index in [2.05, 4.69) is 15.5 Å². The molecule has 1 aliphatic rings. The topological polar surface area (TPSA) is 67.0 Å². The largest absolute Gasteiger partial charge is 0.466 e. The molecule has 0 bridgehead atoms. The van der Waals surface area contributed by atoms with Crippen molar-refractivity contribution in [3.05, 3.63) is 12.4 Å². The van der Waals surface area contributed by atoms with Crippen LogP contribution in [0.2, 0.25) is 0 Å². The first-order valence-electron chi connectivity index (χ1n) is 6.21. The zero-order chi connectivity index (χ0) is 12.1. The lowest BCUT2D eigenvalue weighted by Crippen LogP contribution is -2.31. The van der Waals surface area contributed by atoms with E-state index in [1.54, 1.807) is 6.20 Å². The van der Waals surface area contributed by atoms with Crippen molar-refractivity contribution in [1.82, 2.24) is 10.2 Å². The predicted molar refractivity (Wildman–Crippen MR) is 64.6 cm³/mol. The number of carbonyl (C=O) groups excluding carboxylic acids is 1. The van der Waals surface area contributed by atoms with Crippen LogP contribution in [0, 0.1) is 5.92 Å². The normalized spacial score (nSPS) is 24.3. The summed E-state index contributed by atoms with van der Waals surface area (Å²) in [6.07, 6.45) is 7.55. The second-order valence-corrected chi connectivity index (χ2v) is 4.44. The second kappa shape index (κ2) is 5.70. The second-order valence-electron chi connectivity index (χ2n) is 4.44. The monoisotopic (exact) mass is 237 g/mol. The number of rotatable bonds is 4. The molecule has 17 heavy (non-hydrogen) atoms. The summed E-state index contributed by atoms with van der Waals surface area (Å²) in [6.45, 7) is 2.32. The van der Waals surface area contributed by atoms with Crippen LogP contribution in [0.3, 0.4) is 0 Å². The van der Waals surface area contributed by atoms with Crippen molar-refractivity contribution in [3.63, 3.8) is 0 Å². The van der Waals surface area contributed by atoms with Crippen molar-refractivity contribution in [1.29, 1.82) is 0 Å². The molecule has 0 radical (unpaired) electrons. The van der Waals surface area contributed by atoms with E-state index >= 15 is 0 Å². The fourth-order valence-electron chi connectivity index (χ4n) is 2.36. The highest BCUT2D eigenvalue weighted by molar-refractivity contribution is 5.72. The van der Waals surface area contributed by atoms with Gasteiger partial charge in [-0.2, -0.15) is 5.10 Å². The van der Waals surface area contributed by atoms with E-state index in [-0.39, 0.29) is 11.9 Å². The molecule has 0 aliphatic heterocycles. The summed E-state index contributed by atoms with van der Waals surface area (Å²) in [5.41, 5.74) is 0.986. The summed E-state index contributed by atoms with van der Waals surface area (Å²) in [5, 5.41) is 10.0. The van der Waals surface area contributed by atoms with Gasteiger partial charge in [0, 0.05) is 12.2 Å². The molecule has 0 amide bonds. The van der Waals surface area contributed by atoms with Gasteiger partial charge in [-0.3, -0.25) is 9.89 Å². The fraction of sp³-hybridized carbons (Fsp3) is 0.667. The highest BCUT2D eigenvalue weighted by Gasteiger charge is 2.28. The van der Waals surface area contributed by atoms with Gasteiger partial charge in [0.15, 0.2) is 0 Å². The Kier molecular flexibility index (Phi) is 4.01. The van der Waals surface area contributed by atoms with E-state index in [0.29, 0.717) is 12.6 Å². The average molecular weight is 237 g/mol. The third-order valence-corrected chi connectivity index (χ3v) is 3.16. The molecule has 1 aliphatic carbocycles. The van der Waals surface area contributed by atoms with Gasteiger partial charge in [-0.15, -0.1) is 0 Å². The van der Waals surface area contributed by atoms with Gasteiger partial charge >= 0.3 is 5.97 Å².